The molecule has 1 aliphatic rings. The fourth-order valence-corrected chi connectivity index (χ4v) is 2.97. The van der Waals surface area contributed by atoms with Crippen molar-refractivity contribution in [3.05, 3.63) is 5.01 Å². The van der Waals surface area contributed by atoms with E-state index in [-0.39, 0.29) is 5.91 Å². The van der Waals surface area contributed by atoms with Crippen LogP contribution in [0.4, 0.5) is 5.13 Å². The average molecular weight is 268 g/mol. The Morgan fingerprint density at radius 3 is 2.83 bits per heavy atom. The van der Waals surface area contributed by atoms with Gasteiger partial charge in [0, 0.05) is 19.6 Å². The van der Waals surface area contributed by atoms with Crippen LogP contribution in [-0.4, -0.2) is 40.6 Å². The van der Waals surface area contributed by atoms with E-state index in [1.807, 2.05) is 11.9 Å². The Hall–Kier alpha value is -1.17. The van der Waals surface area contributed by atoms with Crippen molar-refractivity contribution in [2.45, 2.75) is 45.1 Å². The third-order valence-electron chi connectivity index (χ3n) is 3.33. The van der Waals surface area contributed by atoms with Crippen molar-refractivity contribution in [2.75, 3.05) is 18.9 Å². The van der Waals surface area contributed by atoms with Gasteiger partial charge in [0.25, 0.3) is 5.91 Å². The molecule has 1 N–H and O–H groups in total. The SMILES string of the molecule is CCCNc1nnc(C(=O)N(C)C2CCCC2)s1. The van der Waals surface area contributed by atoms with Crippen molar-refractivity contribution < 1.29 is 4.79 Å². The molecular formula is C12H20N4OS. The lowest BCUT2D eigenvalue weighted by atomic mass is 10.2. The summed E-state index contributed by atoms with van der Waals surface area (Å²) < 4.78 is 0. The molecular weight excluding hydrogens is 248 g/mol. The van der Waals surface area contributed by atoms with E-state index in [0.717, 1.165) is 30.9 Å². The Balaban J connectivity index is 1.97. The Morgan fingerprint density at radius 1 is 1.44 bits per heavy atom. The van der Waals surface area contributed by atoms with Gasteiger partial charge in [0.05, 0.1) is 0 Å². The molecule has 0 saturated heterocycles. The summed E-state index contributed by atoms with van der Waals surface area (Å²) in [6.07, 6.45) is 5.71. The molecule has 1 aliphatic carbocycles. The van der Waals surface area contributed by atoms with E-state index in [2.05, 4.69) is 22.4 Å². The third-order valence-corrected chi connectivity index (χ3v) is 4.20. The van der Waals surface area contributed by atoms with Crippen LogP contribution < -0.4 is 5.32 Å². The minimum absolute atomic E-state index is 0.00366. The molecule has 1 amide bonds. The summed E-state index contributed by atoms with van der Waals surface area (Å²) in [7, 11) is 1.87. The molecule has 0 unspecified atom stereocenters. The molecule has 18 heavy (non-hydrogen) atoms. The number of hydrogen-bond acceptors (Lipinski definition) is 5. The molecule has 6 heteroatoms. The number of nitrogens with one attached hydrogen (secondary N) is 1. The second-order valence-corrected chi connectivity index (χ2v) is 5.67. The highest BCUT2D eigenvalue weighted by molar-refractivity contribution is 7.17. The second-order valence-electron chi connectivity index (χ2n) is 4.69. The van der Waals surface area contributed by atoms with E-state index < -0.39 is 0 Å². The zero-order valence-corrected chi connectivity index (χ0v) is 11.8. The van der Waals surface area contributed by atoms with Crippen LogP contribution in [0.5, 0.6) is 0 Å². The molecule has 5 nitrogen and oxygen atoms in total. The smallest absolute Gasteiger partial charge is 0.284 e. The topological polar surface area (TPSA) is 58.1 Å². The van der Waals surface area contributed by atoms with E-state index in [9.17, 15) is 4.79 Å². The van der Waals surface area contributed by atoms with Gasteiger partial charge in [-0.05, 0) is 19.3 Å². The first kappa shape index (κ1) is 13.3. The van der Waals surface area contributed by atoms with Gasteiger partial charge in [-0.3, -0.25) is 4.79 Å². The van der Waals surface area contributed by atoms with Gasteiger partial charge in [-0.2, -0.15) is 0 Å². The summed E-state index contributed by atoms with van der Waals surface area (Å²) in [6, 6.07) is 0.383. The van der Waals surface area contributed by atoms with Crippen LogP contribution in [0, 0.1) is 0 Å². The van der Waals surface area contributed by atoms with Crippen molar-refractivity contribution in [1.29, 1.82) is 0 Å². The highest BCUT2D eigenvalue weighted by Crippen LogP contribution is 2.25. The molecule has 2 rings (SSSR count). The van der Waals surface area contributed by atoms with Crippen molar-refractivity contribution in [3.8, 4) is 0 Å². The van der Waals surface area contributed by atoms with Crippen LogP contribution in [-0.2, 0) is 0 Å². The predicted molar refractivity (Wildman–Crippen MR) is 73.0 cm³/mol. The minimum atomic E-state index is 0.00366. The highest BCUT2D eigenvalue weighted by Gasteiger charge is 2.26. The summed E-state index contributed by atoms with van der Waals surface area (Å²) in [5.41, 5.74) is 0. The van der Waals surface area contributed by atoms with Crippen LogP contribution >= 0.6 is 11.3 Å². The molecule has 1 aromatic heterocycles. The first-order valence-corrected chi connectivity index (χ1v) is 7.38. The molecule has 0 aliphatic heterocycles. The van der Waals surface area contributed by atoms with E-state index in [4.69, 9.17) is 0 Å². The van der Waals surface area contributed by atoms with Gasteiger partial charge >= 0.3 is 0 Å². The number of aromatic nitrogens is 2. The molecule has 1 saturated carbocycles. The van der Waals surface area contributed by atoms with Crippen LogP contribution in [0.15, 0.2) is 0 Å². The van der Waals surface area contributed by atoms with E-state index in [0.29, 0.717) is 11.0 Å². The molecule has 1 aromatic rings. The van der Waals surface area contributed by atoms with Gasteiger partial charge in [-0.25, -0.2) is 0 Å². The molecule has 0 atom stereocenters. The predicted octanol–water partition coefficient (Wildman–Crippen LogP) is 2.37. The number of anilines is 1. The lowest BCUT2D eigenvalue weighted by Crippen LogP contribution is -2.35. The summed E-state index contributed by atoms with van der Waals surface area (Å²) in [4.78, 5) is 14.1. The third kappa shape index (κ3) is 2.98. The normalized spacial score (nSPS) is 15.9. The maximum atomic E-state index is 12.2. The summed E-state index contributed by atoms with van der Waals surface area (Å²) in [5, 5.41) is 12.3. The molecule has 1 heterocycles. The first-order valence-electron chi connectivity index (χ1n) is 6.57. The zero-order chi connectivity index (χ0) is 13.0. The molecule has 100 valence electrons. The summed E-state index contributed by atoms with van der Waals surface area (Å²) in [5.74, 6) is 0.00366. The number of carbonyl (C=O) groups excluding carboxylic acids is 1. The fourth-order valence-electron chi connectivity index (χ4n) is 2.22. The number of rotatable bonds is 5. The van der Waals surface area contributed by atoms with Crippen molar-refractivity contribution >= 4 is 22.4 Å². The molecule has 0 bridgehead atoms. The lowest BCUT2D eigenvalue weighted by Gasteiger charge is -2.22. The van der Waals surface area contributed by atoms with Crippen molar-refractivity contribution in [3.63, 3.8) is 0 Å². The first-order chi connectivity index (χ1) is 8.72. The van der Waals surface area contributed by atoms with E-state index in [1.54, 1.807) is 0 Å². The summed E-state index contributed by atoms with van der Waals surface area (Å²) >= 11 is 1.34. The number of nitrogens with zero attached hydrogens (tertiary/aromatic N) is 3. The van der Waals surface area contributed by atoms with Gasteiger partial charge < -0.3 is 10.2 Å². The van der Waals surface area contributed by atoms with Crippen LogP contribution in [0.25, 0.3) is 0 Å². The van der Waals surface area contributed by atoms with Gasteiger partial charge in [0.15, 0.2) is 0 Å². The van der Waals surface area contributed by atoms with Crippen LogP contribution in [0.3, 0.4) is 0 Å². The standard InChI is InChI=1S/C12H20N4OS/c1-3-8-13-12-15-14-10(18-12)11(17)16(2)9-6-4-5-7-9/h9H,3-8H2,1-2H3,(H,13,15). The van der Waals surface area contributed by atoms with Crippen LogP contribution in [0.2, 0.25) is 0 Å². The number of carbonyl (C=O) groups is 1. The van der Waals surface area contributed by atoms with Crippen molar-refractivity contribution in [1.82, 2.24) is 15.1 Å². The largest absolute Gasteiger partial charge is 0.360 e. The van der Waals surface area contributed by atoms with Crippen LogP contribution in [0.1, 0.15) is 48.8 Å². The Bertz CT molecular complexity index is 401. The van der Waals surface area contributed by atoms with E-state index >= 15 is 0 Å². The van der Waals surface area contributed by atoms with Gasteiger partial charge in [-0.15, -0.1) is 10.2 Å². The number of amides is 1. The monoisotopic (exact) mass is 268 g/mol. The van der Waals surface area contributed by atoms with E-state index in [1.165, 1.54) is 24.2 Å². The van der Waals surface area contributed by atoms with Crippen molar-refractivity contribution in [2.24, 2.45) is 0 Å². The quantitative estimate of drug-likeness (QED) is 0.890. The molecule has 0 radical (unpaired) electrons. The second kappa shape index (κ2) is 6.13. The zero-order valence-electron chi connectivity index (χ0n) is 11.0. The maximum absolute atomic E-state index is 12.2. The molecule has 0 spiro atoms. The highest BCUT2D eigenvalue weighted by atomic mass is 32.1. The van der Waals surface area contributed by atoms with Gasteiger partial charge in [-0.1, -0.05) is 31.1 Å². The molecule has 1 fully saturated rings. The fraction of sp³-hybridized carbons (Fsp3) is 0.750. The van der Waals surface area contributed by atoms with Gasteiger partial charge in [0.1, 0.15) is 0 Å². The Labute approximate surface area is 112 Å². The minimum Gasteiger partial charge on any atom is -0.360 e. The Kier molecular flexibility index (Phi) is 4.52. The number of hydrogen-bond donors (Lipinski definition) is 1. The molecule has 0 aromatic carbocycles. The lowest BCUT2D eigenvalue weighted by molar-refractivity contribution is 0.0734. The summed E-state index contributed by atoms with van der Waals surface area (Å²) in [6.45, 7) is 2.95. The van der Waals surface area contributed by atoms with Gasteiger partial charge in [0.2, 0.25) is 10.1 Å². The average Bonchev–Trinajstić information content (AvgIpc) is 3.05. The Morgan fingerprint density at radius 2 is 2.17 bits per heavy atom. The maximum Gasteiger partial charge on any atom is 0.284 e.